The summed E-state index contributed by atoms with van der Waals surface area (Å²) >= 11 is 0. The van der Waals surface area contributed by atoms with E-state index in [4.69, 9.17) is 56.8 Å². The number of carbonyl (C=O) groups is 1. The van der Waals surface area contributed by atoms with Crippen LogP contribution in [0.5, 0.6) is 17.2 Å². The third-order valence-corrected chi connectivity index (χ3v) is 14.1. The van der Waals surface area contributed by atoms with E-state index in [1.54, 1.807) is 0 Å². The zero-order valence-corrected chi connectivity index (χ0v) is 44.9. The van der Waals surface area contributed by atoms with Gasteiger partial charge in [0.2, 0.25) is 5.75 Å². The van der Waals surface area contributed by atoms with Crippen LogP contribution in [0.15, 0.2) is 194 Å². The lowest BCUT2D eigenvalue weighted by Crippen LogP contribution is -2.65. The highest BCUT2D eigenvalue weighted by Crippen LogP contribution is 2.41. The van der Waals surface area contributed by atoms with E-state index >= 15 is 0 Å². The van der Waals surface area contributed by atoms with Gasteiger partial charge < -0.3 is 61.9 Å². The van der Waals surface area contributed by atoms with Crippen molar-refractivity contribution in [3.05, 3.63) is 233 Å². The van der Waals surface area contributed by atoms with Crippen LogP contribution in [0.25, 0.3) is 0 Å². The highest BCUT2D eigenvalue weighted by molar-refractivity contribution is 5.91. The maximum Gasteiger partial charge on any atom is 0.338 e. The van der Waals surface area contributed by atoms with Gasteiger partial charge in [-0.3, -0.25) is 0 Å². The Hall–Kier alpha value is -6.95. The molecule has 0 unspecified atom stereocenters. The number of ether oxygens (including phenoxy) is 12. The Morgan fingerprint density at radius 2 is 0.734 bits per heavy atom. The Morgan fingerprint density at radius 3 is 1.11 bits per heavy atom. The van der Waals surface area contributed by atoms with E-state index in [2.05, 4.69) is 0 Å². The van der Waals surface area contributed by atoms with Crippen molar-refractivity contribution >= 4 is 5.97 Å². The number of aliphatic hydroxyl groups excluding tert-OH is 1. The van der Waals surface area contributed by atoms with Gasteiger partial charge in [-0.1, -0.05) is 182 Å². The van der Waals surface area contributed by atoms with Crippen molar-refractivity contribution in [3.8, 4) is 17.2 Å². The van der Waals surface area contributed by atoms with Crippen LogP contribution in [0.3, 0.4) is 0 Å². The fraction of sp³-hybridized carbons (Fsp3) is 0.338. The van der Waals surface area contributed by atoms with E-state index in [0.29, 0.717) is 12.4 Å². The Bertz CT molecular complexity index is 2840. The zero-order chi connectivity index (χ0) is 54.6. The van der Waals surface area contributed by atoms with Gasteiger partial charge >= 0.3 is 5.97 Å². The molecule has 0 aromatic heterocycles. The minimum atomic E-state index is -1.19. The van der Waals surface area contributed by atoms with Crippen LogP contribution in [-0.4, -0.2) is 107 Å². The van der Waals surface area contributed by atoms with Crippen LogP contribution in [-0.2, 0) is 82.3 Å². The van der Waals surface area contributed by atoms with Crippen LogP contribution in [0.2, 0.25) is 0 Å². The Labute approximate surface area is 462 Å². The molecule has 2 fully saturated rings. The van der Waals surface area contributed by atoms with Crippen LogP contribution < -0.4 is 14.2 Å². The molecule has 2 aliphatic rings. The SMILES string of the molecule is COc1cc(C(=O)O[C@H]2[C@@H](OCc3ccccc3)[C@H](OCc3ccccc3)[C@@H](CO)O[C@H]2C[C@H]2O[C@H](COCc3ccccc3)[C@@H](OCc3ccccc3)[C@H](OCc3ccccc3)[C@H]2OCc2ccccc2)cc(OC)c1OC. The summed E-state index contributed by atoms with van der Waals surface area (Å²) in [5.41, 5.74) is 5.70. The molecule has 1 N–H and O–H groups in total. The lowest BCUT2D eigenvalue weighted by atomic mass is 9.86. The second-order valence-corrected chi connectivity index (χ2v) is 19.4. The normalized spacial score (nSPS) is 22.9. The van der Waals surface area contributed by atoms with Gasteiger partial charge in [-0.25, -0.2) is 4.79 Å². The maximum absolute atomic E-state index is 15.0. The number of esters is 1. The Kier molecular flexibility index (Phi) is 21.1. The summed E-state index contributed by atoms with van der Waals surface area (Å²) in [6.07, 6.45) is -8.96. The molecule has 9 rings (SSSR count). The fourth-order valence-corrected chi connectivity index (χ4v) is 10.1. The van der Waals surface area contributed by atoms with Crippen molar-refractivity contribution < 1.29 is 66.7 Å². The number of carbonyl (C=O) groups excluding carboxylic acids is 1. The van der Waals surface area contributed by atoms with Crippen molar-refractivity contribution in [2.75, 3.05) is 34.5 Å². The summed E-state index contributed by atoms with van der Waals surface area (Å²) in [6, 6.07) is 62.2. The first kappa shape index (κ1) is 56.8. The number of hydrogen-bond donors (Lipinski definition) is 1. The largest absolute Gasteiger partial charge is 0.493 e. The number of methoxy groups -OCH3 is 3. The summed E-state index contributed by atoms with van der Waals surface area (Å²) in [7, 11) is 4.44. The molecule has 0 amide bonds. The molecular formula is C65H70O14. The summed E-state index contributed by atoms with van der Waals surface area (Å²) in [6.45, 7) is 0.896. The second kappa shape index (κ2) is 29.3. The molecule has 79 heavy (non-hydrogen) atoms. The van der Waals surface area contributed by atoms with Gasteiger partial charge in [0, 0.05) is 6.42 Å². The summed E-state index contributed by atoms with van der Waals surface area (Å²) < 4.78 is 79.5. The van der Waals surface area contributed by atoms with Crippen LogP contribution in [0.4, 0.5) is 0 Å². The molecule has 0 saturated carbocycles. The first-order valence-electron chi connectivity index (χ1n) is 26.7. The average Bonchev–Trinajstić information content (AvgIpc) is 3.62. The smallest absolute Gasteiger partial charge is 0.338 e. The maximum atomic E-state index is 15.0. The summed E-state index contributed by atoms with van der Waals surface area (Å²) in [4.78, 5) is 15.0. The lowest BCUT2D eigenvalue weighted by Gasteiger charge is -2.49. The van der Waals surface area contributed by atoms with Gasteiger partial charge in [0.15, 0.2) is 17.6 Å². The quantitative estimate of drug-likeness (QED) is 0.0487. The van der Waals surface area contributed by atoms with Crippen LogP contribution in [0, 0.1) is 0 Å². The van der Waals surface area contributed by atoms with Gasteiger partial charge in [0.05, 0.1) is 85.9 Å². The molecule has 7 aromatic carbocycles. The third-order valence-electron chi connectivity index (χ3n) is 14.1. The van der Waals surface area contributed by atoms with Crippen molar-refractivity contribution in [2.24, 2.45) is 0 Å². The van der Waals surface area contributed by atoms with E-state index in [9.17, 15) is 9.90 Å². The van der Waals surface area contributed by atoms with Gasteiger partial charge in [0.25, 0.3) is 0 Å². The Morgan fingerprint density at radius 1 is 0.405 bits per heavy atom. The van der Waals surface area contributed by atoms with Gasteiger partial charge in [-0.05, 0) is 45.5 Å². The fourth-order valence-electron chi connectivity index (χ4n) is 10.1. The Balaban J connectivity index is 1.13. The molecule has 2 aliphatic heterocycles. The third kappa shape index (κ3) is 15.5. The topological polar surface area (TPSA) is 148 Å². The van der Waals surface area contributed by atoms with Crippen molar-refractivity contribution in [1.29, 1.82) is 0 Å². The number of aliphatic hydroxyl groups is 1. The number of benzene rings is 7. The molecule has 0 bridgehead atoms. The van der Waals surface area contributed by atoms with Gasteiger partial charge in [-0.2, -0.15) is 0 Å². The van der Waals surface area contributed by atoms with Crippen LogP contribution in [0.1, 0.15) is 50.2 Å². The minimum absolute atomic E-state index is 0.0472. The molecule has 0 spiro atoms. The first-order chi connectivity index (χ1) is 38.9. The molecule has 14 heteroatoms. The van der Waals surface area contributed by atoms with Crippen molar-refractivity contribution in [1.82, 2.24) is 0 Å². The van der Waals surface area contributed by atoms with E-state index in [0.717, 1.165) is 33.4 Å². The number of hydrogen-bond acceptors (Lipinski definition) is 14. The molecular weight excluding hydrogens is 1000 g/mol. The monoisotopic (exact) mass is 1070 g/mol. The first-order valence-corrected chi connectivity index (χ1v) is 26.7. The molecule has 0 aliphatic carbocycles. The van der Waals surface area contributed by atoms with Crippen molar-refractivity contribution in [3.63, 3.8) is 0 Å². The van der Waals surface area contributed by atoms with E-state index in [1.807, 2.05) is 182 Å². The molecule has 14 nitrogen and oxygen atoms in total. The molecule has 7 aromatic rings. The highest BCUT2D eigenvalue weighted by Gasteiger charge is 2.54. The average molecular weight is 1080 g/mol. The van der Waals surface area contributed by atoms with E-state index < -0.39 is 73.6 Å². The predicted octanol–water partition coefficient (Wildman–Crippen LogP) is 10.3. The molecule has 414 valence electrons. The summed E-state index contributed by atoms with van der Waals surface area (Å²) in [5, 5.41) is 11.4. The van der Waals surface area contributed by atoms with E-state index in [-0.39, 0.29) is 63.1 Å². The standard InChI is InChI=1S/C65H70O14/c1-68-52-34-51(35-53(69-2)58(52)70-3)65(67)79-62-55(77-56(37-66)60(73-40-47-26-14-6-15-27-47)64(62)76-43-50-32-20-9-21-33-50)36-54-59(72-39-46-24-12-5-13-25-46)63(75-42-49-30-18-8-19-31-49)61(74-41-48-28-16-7-17-29-48)57(78-54)44-71-38-45-22-10-4-11-23-45/h4-35,54-57,59-64,66H,36-44H2,1-3H3/t54-,55+,56-,57-,59+,60-,61-,62-,63-,64+/m1/s1. The molecule has 2 saturated heterocycles. The van der Waals surface area contributed by atoms with Gasteiger partial charge in [0.1, 0.15) is 48.8 Å². The minimum Gasteiger partial charge on any atom is -0.493 e. The highest BCUT2D eigenvalue weighted by atomic mass is 16.6. The van der Waals surface area contributed by atoms with Crippen LogP contribution >= 0.6 is 0 Å². The van der Waals surface area contributed by atoms with Gasteiger partial charge in [-0.15, -0.1) is 0 Å². The van der Waals surface area contributed by atoms with Crippen molar-refractivity contribution in [2.45, 2.75) is 107 Å². The zero-order valence-electron chi connectivity index (χ0n) is 44.9. The number of rotatable bonds is 27. The molecule has 0 radical (unpaired) electrons. The van der Waals surface area contributed by atoms with E-state index in [1.165, 1.54) is 33.5 Å². The predicted molar refractivity (Wildman–Crippen MR) is 296 cm³/mol. The second-order valence-electron chi connectivity index (χ2n) is 19.4. The molecule has 10 atom stereocenters. The summed E-state index contributed by atoms with van der Waals surface area (Å²) in [5.74, 6) is 0.0823. The molecule has 2 heterocycles. The lowest BCUT2D eigenvalue weighted by molar-refractivity contribution is -0.292.